The van der Waals surface area contributed by atoms with Crippen molar-refractivity contribution in [3.63, 3.8) is 0 Å². The fourth-order valence-corrected chi connectivity index (χ4v) is 3.11. The smallest absolute Gasteiger partial charge is 0.387 e. The molecule has 9 heteroatoms. The molecule has 1 heterocycles. The molecule has 2 aromatic carbocycles. The molecule has 3 rings (SSSR count). The first-order valence-electron chi connectivity index (χ1n) is 7.95. The van der Waals surface area contributed by atoms with Crippen LogP contribution in [0, 0.1) is 0 Å². The molecule has 0 atom stereocenters. The summed E-state index contributed by atoms with van der Waals surface area (Å²) in [5.41, 5.74) is 0.860. The van der Waals surface area contributed by atoms with E-state index in [2.05, 4.69) is 4.74 Å². The van der Waals surface area contributed by atoms with Gasteiger partial charge in [0.15, 0.2) is 5.75 Å². The van der Waals surface area contributed by atoms with Gasteiger partial charge in [-0.15, -0.1) is 0 Å². The minimum Gasteiger partial charge on any atom is -0.435 e. The molecule has 6 nitrogen and oxygen atoms in total. The van der Waals surface area contributed by atoms with Crippen molar-refractivity contribution in [1.82, 2.24) is 9.13 Å². The monoisotopic (exact) mass is 396 g/mol. The predicted octanol–water partition coefficient (Wildman–Crippen LogP) is 4.16. The average molecular weight is 397 g/mol. The summed E-state index contributed by atoms with van der Waals surface area (Å²) in [5.74, 6) is 0.0346. The Morgan fingerprint density at radius 2 is 1.89 bits per heavy atom. The van der Waals surface area contributed by atoms with Crippen LogP contribution in [0.1, 0.15) is 19.9 Å². The highest BCUT2D eigenvalue weighted by Gasteiger charge is 2.20. The molecule has 0 aliphatic rings. The average Bonchev–Trinajstić information content (AvgIpc) is 2.86. The van der Waals surface area contributed by atoms with Gasteiger partial charge in [-0.05, 0) is 32.0 Å². The van der Waals surface area contributed by atoms with Gasteiger partial charge in [-0.2, -0.15) is 8.78 Å². The Bertz CT molecular complexity index is 1060. The lowest BCUT2D eigenvalue weighted by atomic mass is 10.2. The number of fused-ring (bicyclic) bond motifs is 1. The highest BCUT2D eigenvalue weighted by Crippen LogP contribution is 2.32. The van der Waals surface area contributed by atoms with Crippen molar-refractivity contribution in [2.24, 2.45) is 0 Å². The van der Waals surface area contributed by atoms with Gasteiger partial charge < -0.3 is 9.47 Å². The van der Waals surface area contributed by atoms with Gasteiger partial charge in [-0.3, -0.25) is 13.9 Å². The molecule has 0 bridgehead atoms. The van der Waals surface area contributed by atoms with Crippen LogP contribution in [0.3, 0.4) is 0 Å². The fourth-order valence-electron chi connectivity index (χ4n) is 2.91. The molecule has 27 heavy (non-hydrogen) atoms. The molecule has 0 fully saturated rings. The van der Waals surface area contributed by atoms with E-state index < -0.39 is 12.3 Å². The minimum atomic E-state index is -2.98. The maximum absolute atomic E-state index is 13.0. The van der Waals surface area contributed by atoms with Crippen molar-refractivity contribution < 1.29 is 23.0 Å². The second-order valence-electron chi connectivity index (χ2n) is 5.94. The molecule has 0 saturated heterocycles. The Kier molecular flexibility index (Phi) is 5.18. The summed E-state index contributed by atoms with van der Waals surface area (Å²) in [7, 11) is 0. The Balaban J connectivity index is 2.30. The summed E-state index contributed by atoms with van der Waals surface area (Å²) in [6.45, 7) is 0.895. The summed E-state index contributed by atoms with van der Waals surface area (Å²) < 4.78 is 37.1. The number of aromatic nitrogens is 2. The first kappa shape index (κ1) is 18.9. The summed E-state index contributed by atoms with van der Waals surface area (Å²) in [6.07, 6.45) is 0. The van der Waals surface area contributed by atoms with Crippen LogP contribution in [0.2, 0.25) is 5.02 Å². The Morgan fingerprint density at radius 1 is 1.15 bits per heavy atom. The van der Waals surface area contributed by atoms with E-state index in [0.717, 1.165) is 0 Å². The number of nitrogens with zero attached hydrogens (tertiary/aromatic N) is 2. The Hall–Kier alpha value is -2.87. The van der Waals surface area contributed by atoms with Gasteiger partial charge in [0.2, 0.25) is 0 Å². The number of carbonyl (C=O) groups is 1. The molecule has 0 N–H and O–H groups in total. The van der Waals surface area contributed by atoms with Crippen LogP contribution in [0.15, 0.2) is 41.2 Å². The third-order valence-electron chi connectivity index (χ3n) is 3.92. The first-order valence-corrected chi connectivity index (χ1v) is 8.33. The van der Waals surface area contributed by atoms with E-state index in [1.54, 1.807) is 6.07 Å². The number of halogens is 3. The van der Waals surface area contributed by atoms with Crippen LogP contribution in [-0.2, 0) is 4.79 Å². The number of rotatable bonds is 6. The van der Waals surface area contributed by atoms with E-state index in [9.17, 15) is 18.4 Å². The van der Waals surface area contributed by atoms with Crippen LogP contribution in [0.25, 0.3) is 16.7 Å². The maximum atomic E-state index is 13.0. The highest BCUT2D eigenvalue weighted by molar-refractivity contribution is 6.32. The number of benzene rings is 2. The first-order chi connectivity index (χ1) is 12.8. The number of alkyl halides is 2. The quantitative estimate of drug-likeness (QED) is 0.587. The van der Waals surface area contributed by atoms with Crippen molar-refractivity contribution in [1.29, 1.82) is 0 Å². The maximum Gasteiger partial charge on any atom is 0.387 e. The molecule has 0 aliphatic carbocycles. The van der Waals surface area contributed by atoms with Gasteiger partial charge in [0.05, 0.1) is 21.7 Å². The molecule has 3 aromatic rings. The van der Waals surface area contributed by atoms with Gasteiger partial charge in [0.1, 0.15) is 5.75 Å². The standard InChI is InChI=1S/C18H15ClF2N2O4/c1-10(2)22-15-8-16(26-9-24)13(19)7-14(15)23(18(22)25)11-4-3-5-12(6-11)27-17(20)21/h3-10,17H,1-2H3. The third kappa shape index (κ3) is 3.52. The fraction of sp³-hybridized carbons (Fsp3) is 0.222. The zero-order chi connectivity index (χ0) is 19.7. The number of hydrogen-bond donors (Lipinski definition) is 0. The van der Waals surface area contributed by atoms with Crippen LogP contribution in [0.5, 0.6) is 11.5 Å². The van der Waals surface area contributed by atoms with Gasteiger partial charge in [0, 0.05) is 18.2 Å². The largest absolute Gasteiger partial charge is 0.435 e. The van der Waals surface area contributed by atoms with Crippen LogP contribution < -0.4 is 15.2 Å². The van der Waals surface area contributed by atoms with E-state index in [1.165, 1.54) is 39.5 Å². The van der Waals surface area contributed by atoms with Crippen molar-refractivity contribution >= 4 is 29.1 Å². The SMILES string of the molecule is CC(C)n1c(=O)n(-c2cccc(OC(F)F)c2)c2cc(Cl)c(OC=O)cc21. The number of imidazole rings is 1. The van der Waals surface area contributed by atoms with Crippen molar-refractivity contribution in [2.45, 2.75) is 26.5 Å². The molecular formula is C18H15ClF2N2O4. The van der Waals surface area contributed by atoms with Gasteiger partial charge in [-0.25, -0.2) is 4.79 Å². The third-order valence-corrected chi connectivity index (χ3v) is 4.21. The van der Waals surface area contributed by atoms with E-state index in [0.29, 0.717) is 16.7 Å². The summed E-state index contributed by atoms with van der Waals surface area (Å²) in [6, 6.07) is 8.55. The molecule has 0 amide bonds. The van der Waals surface area contributed by atoms with E-state index in [1.807, 2.05) is 13.8 Å². The normalized spacial score (nSPS) is 11.4. The van der Waals surface area contributed by atoms with E-state index >= 15 is 0 Å². The number of carbonyl (C=O) groups excluding carboxylic acids is 1. The second kappa shape index (κ2) is 7.40. The molecule has 0 spiro atoms. The molecule has 0 radical (unpaired) electrons. The summed E-state index contributed by atoms with van der Waals surface area (Å²) >= 11 is 6.15. The molecule has 0 aliphatic heterocycles. The molecule has 0 unspecified atom stereocenters. The van der Waals surface area contributed by atoms with Crippen molar-refractivity contribution in [2.75, 3.05) is 0 Å². The number of hydrogen-bond acceptors (Lipinski definition) is 4. The van der Waals surface area contributed by atoms with Crippen LogP contribution in [-0.4, -0.2) is 22.2 Å². The van der Waals surface area contributed by atoms with E-state index in [-0.39, 0.29) is 29.0 Å². The van der Waals surface area contributed by atoms with E-state index in [4.69, 9.17) is 16.3 Å². The summed E-state index contributed by atoms with van der Waals surface area (Å²) in [4.78, 5) is 23.7. The predicted molar refractivity (Wildman–Crippen MR) is 96.3 cm³/mol. The van der Waals surface area contributed by atoms with Gasteiger partial charge >= 0.3 is 12.3 Å². The highest BCUT2D eigenvalue weighted by atomic mass is 35.5. The second-order valence-corrected chi connectivity index (χ2v) is 6.35. The minimum absolute atomic E-state index is 0.0770. The Labute approximate surface area is 157 Å². The Morgan fingerprint density at radius 3 is 2.52 bits per heavy atom. The lowest BCUT2D eigenvalue weighted by molar-refractivity contribution is -0.120. The van der Waals surface area contributed by atoms with Crippen molar-refractivity contribution in [3.8, 4) is 17.2 Å². The zero-order valence-electron chi connectivity index (χ0n) is 14.4. The van der Waals surface area contributed by atoms with Gasteiger partial charge in [0.25, 0.3) is 6.47 Å². The van der Waals surface area contributed by atoms with Gasteiger partial charge in [-0.1, -0.05) is 17.7 Å². The lowest BCUT2D eigenvalue weighted by Crippen LogP contribution is -2.24. The molecule has 0 saturated carbocycles. The van der Waals surface area contributed by atoms with Crippen molar-refractivity contribution in [3.05, 3.63) is 51.9 Å². The molecular weight excluding hydrogens is 382 g/mol. The van der Waals surface area contributed by atoms with Crippen LogP contribution >= 0.6 is 11.6 Å². The zero-order valence-corrected chi connectivity index (χ0v) is 15.1. The molecule has 1 aromatic heterocycles. The summed E-state index contributed by atoms with van der Waals surface area (Å²) in [5, 5.41) is 0.129. The lowest BCUT2D eigenvalue weighted by Gasteiger charge is -2.08. The van der Waals surface area contributed by atoms with Crippen LogP contribution in [0.4, 0.5) is 8.78 Å². The molecule has 142 valence electrons. The topological polar surface area (TPSA) is 62.5 Å². The number of ether oxygens (including phenoxy) is 2.